The van der Waals surface area contributed by atoms with E-state index in [-0.39, 0.29) is 21.0 Å². The van der Waals surface area contributed by atoms with Gasteiger partial charge in [0.15, 0.2) is 5.65 Å². The van der Waals surface area contributed by atoms with Crippen molar-refractivity contribution in [2.45, 2.75) is 16.7 Å². The Morgan fingerprint density at radius 1 is 1.20 bits per heavy atom. The highest BCUT2D eigenvalue weighted by Gasteiger charge is 2.23. The monoisotopic (exact) mass is 289 g/mol. The molecule has 0 saturated heterocycles. The van der Waals surface area contributed by atoms with Crippen LogP contribution in [-0.4, -0.2) is 23.0 Å². The van der Waals surface area contributed by atoms with Gasteiger partial charge in [-0.1, -0.05) is 18.2 Å². The van der Waals surface area contributed by atoms with Crippen molar-refractivity contribution < 1.29 is 8.42 Å². The maximum atomic E-state index is 12.6. The molecule has 3 rings (SSSR count). The molecular weight excluding hydrogens is 278 g/mol. The van der Waals surface area contributed by atoms with E-state index < -0.39 is 9.84 Å². The average molecular weight is 289 g/mol. The van der Waals surface area contributed by atoms with Crippen molar-refractivity contribution in [3.8, 4) is 0 Å². The van der Waals surface area contributed by atoms with Crippen LogP contribution in [0, 0.1) is 6.92 Å². The Morgan fingerprint density at radius 3 is 2.60 bits per heavy atom. The van der Waals surface area contributed by atoms with E-state index in [0.29, 0.717) is 5.69 Å². The van der Waals surface area contributed by atoms with Crippen molar-refractivity contribution in [2.75, 3.05) is 0 Å². The number of hydrogen-bond donors (Lipinski definition) is 1. The molecule has 2 aromatic heterocycles. The van der Waals surface area contributed by atoms with Crippen LogP contribution in [0.25, 0.3) is 5.65 Å². The van der Waals surface area contributed by atoms with Gasteiger partial charge in [-0.25, -0.2) is 17.9 Å². The van der Waals surface area contributed by atoms with Crippen LogP contribution < -0.4 is 5.56 Å². The number of H-pyrrole nitrogens is 1. The number of nitrogens with zero attached hydrogens (tertiary/aromatic N) is 2. The van der Waals surface area contributed by atoms with Crippen molar-refractivity contribution in [1.29, 1.82) is 0 Å². The molecule has 1 N–H and O–H groups in total. The first-order chi connectivity index (χ1) is 9.50. The van der Waals surface area contributed by atoms with Crippen LogP contribution in [0.5, 0.6) is 0 Å². The summed E-state index contributed by atoms with van der Waals surface area (Å²) in [6, 6.07) is 9.38. The van der Waals surface area contributed by atoms with Gasteiger partial charge in [0.05, 0.1) is 4.90 Å². The van der Waals surface area contributed by atoms with E-state index in [0.717, 1.165) is 4.52 Å². The lowest BCUT2D eigenvalue weighted by Gasteiger charge is -2.02. The smallest absolute Gasteiger partial charge is 0.272 e. The van der Waals surface area contributed by atoms with Crippen molar-refractivity contribution in [2.24, 2.45) is 0 Å². The van der Waals surface area contributed by atoms with Gasteiger partial charge in [-0.2, -0.15) is 0 Å². The molecule has 0 saturated carbocycles. The molecule has 0 aliphatic rings. The molecule has 0 radical (unpaired) electrons. The van der Waals surface area contributed by atoms with Gasteiger partial charge >= 0.3 is 0 Å². The molecule has 102 valence electrons. The summed E-state index contributed by atoms with van der Waals surface area (Å²) in [4.78, 5) is 16.1. The van der Waals surface area contributed by atoms with E-state index >= 15 is 0 Å². The molecular formula is C13H11N3O3S. The zero-order valence-corrected chi connectivity index (χ0v) is 11.4. The fraction of sp³-hybridized carbons (Fsp3) is 0.0769. The van der Waals surface area contributed by atoms with Crippen LogP contribution in [0.4, 0.5) is 0 Å². The Kier molecular flexibility index (Phi) is 2.72. The average Bonchev–Trinajstić information content (AvgIpc) is 2.84. The zero-order chi connectivity index (χ0) is 14.3. The maximum absolute atomic E-state index is 12.6. The van der Waals surface area contributed by atoms with Gasteiger partial charge in [-0.15, -0.1) is 0 Å². The molecule has 0 spiro atoms. The zero-order valence-electron chi connectivity index (χ0n) is 10.6. The number of fused-ring (bicyclic) bond motifs is 1. The van der Waals surface area contributed by atoms with E-state index in [9.17, 15) is 13.2 Å². The summed E-state index contributed by atoms with van der Waals surface area (Å²) in [6.07, 6.45) is 1.28. The van der Waals surface area contributed by atoms with Gasteiger partial charge in [-0.3, -0.25) is 9.89 Å². The van der Waals surface area contributed by atoms with E-state index in [4.69, 9.17) is 0 Å². The second kappa shape index (κ2) is 4.31. The molecule has 3 aromatic rings. The van der Waals surface area contributed by atoms with Crippen LogP contribution in [0.15, 0.2) is 57.2 Å². The normalized spacial score (nSPS) is 11.8. The molecule has 7 heteroatoms. The second-order valence-corrected chi connectivity index (χ2v) is 6.27. The van der Waals surface area contributed by atoms with Gasteiger partial charge in [0.2, 0.25) is 9.84 Å². The Bertz CT molecular complexity index is 940. The van der Waals surface area contributed by atoms with Crippen LogP contribution in [0.3, 0.4) is 0 Å². The van der Waals surface area contributed by atoms with Crippen LogP contribution in [-0.2, 0) is 9.84 Å². The van der Waals surface area contributed by atoms with E-state index in [1.807, 2.05) is 0 Å². The number of aryl methyl sites for hydroxylation is 1. The molecule has 1 aromatic carbocycles. The maximum Gasteiger partial charge on any atom is 0.272 e. The predicted molar refractivity (Wildman–Crippen MR) is 72.4 cm³/mol. The summed E-state index contributed by atoms with van der Waals surface area (Å²) in [5.41, 5.74) is 0.236. The molecule has 0 aliphatic carbocycles. The lowest BCUT2D eigenvalue weighted by atomic mass is 10.4. The second-order valence-electron chi connectivity index (χ2n) is 4.35. The van der Waals surface area contributed by atoms with Gasteiger partial charge < -0.3 is 0 Å². The minimum absolute atomic E-state index is 0.00972. The Hall–Kier alpha value is -2.41. The first-order valence-corrected chi connectivity index (χ1v) is 7.36. The highest BCUT2D eigenvalue weighted by Crippen LogP contribution is 2.22. The van der Waals surface area contributed by atoms with Gasteiger partial charge in [-0.05, 0) is 19.1 Å². The van der Waals surface area contributed by atoms with Crippen LogP contribution in [0.2, 0.25) is 0 Å². The summed E-state index contributed by atoms with van der Waals surface area (Å²) >= 11 is 0. The number of aromatic amines is 1. The fourth-order valence-electron chi connectivity index (χ4n) is 2.00. The number of aromatic nitrogens is 3. The summed E-state index contributed by atoms with van der Waals surface area (Å²) in [5.74, 6) is 0. The topological polar surface area (TPSA) is 84.3 Å². The Balaban J connectivity index is 2.34. The molecule has 0 fully saturated rings. The highest BCUT2D eigenvalue weighted by molar-refractivity contribution is 7.91. The molecule has 0 amide bonds. The first-order valence-electron chi connectivity index (χ1n) is 5.88. The Labute approximate surface area is 114 Å². The van der Waals surface area contributed by atoms with Crippen LogP contribution >= 0.6 is 0 Å². The van der Waals surface area contributed by atoms with Gasteiger partial charge in [0, 0.05) is 18.0 Å². The minimum atomic E-state index is -3.71. The molecule has 2 heterocycles. The van der Waals surface area contributed by atoms with E-state index in [2.05, 4.69) is 10.1 Å². The molecule has 0 aliphatic heterocycles. The summed E-state index contributed by atoms with van der Waals surface area (Å²) < 4.78 is 26.2. The van der Waals surface area contributed by atoms with Crippen molar-refractivity contribution in [1.82, 2.24) is 14.6 Å². The quantitative estimate of drug-likeness (QED) is 0.767. The van der Waals surface area contributed by atoms with Gasteiger partial charge in [0.25, 0.3) is 5.56 Å². The van der Waals surface area contributed by atoms with E-state index in [1.54, 1.807) is 25.1 Å². The summed E-state index contributed by atoms with van der Waals surface area (Å²) in [7, 11) is -3.71. The van der Waals surface area contributed by atoms with Crippen molar-refractivity contribution >= 4 is 15.5 Å². The standard InChI is InChI=1S/C13H11N3O3S/c1-9-7-12(17)16-13(15-9)11(8-14-16)20(18,19)10-5-3-2-4-6-10/h2-8,14H,1H3. The lowest BCUT2D eigenvalue weighted by molar-refractivity contribution is 0.596. The third-order valence-electron chi connectivity index (χ3n) is 2.93. The van der Waals surface area contributed by atoms with Crippen LogP contribution in [0.1, 0.15) is 5.69 Å². The summed E-state index contributed by atoms with van der Waals surface area (Å²) in [5, 5.41) is 2.62. The molecule has 6 nitrogen and oxygen atoms in total. The van der Waals surface area contributed by atoms with Crippen molar-refractivity contribution in [3.05, 3.63) is 58.6 Å². The molecule has 0 atom stereocenters. The molecule has 0 unspecified atom stereocenters. The van der Waals surface area contributed by atoms with Gasteiger partial charge in [0.1, 0.15) is 4.90 Å². The lowest BCUT2D eigenvalue weighted by Crippen LogP contribution is -2.15. The predicted octanol–water partition coefficient (Wildman–Crippen LogP) is 1.16. The number of sulfone groups is 1. The number of nitrogens with one attached hydrogen (secondary N) is 1. The fourth-order valence-corrected chi connectivity index (χ4v) is 3.35. The minimum Gasteiger partial charge on any atom is -0.295 e. The van der Waals surface area contributed by atoms with Crippen molar-refractivity contribution in [3.63, 3.8) is 0 Å². The molecule has 20 heavy (non-hydrogen) atoms. The number of hydrogen-bond acceptors (Lipinski definition) is 4. The third kappa shape index (κ3) is 1.83. The summed E-state index contributed by atoms with van der Waals surface area (Å²) in [6.45, 7) is 1.65. The largest absolute Gasteiger partial charge is 0.295 e. The Morgan fingerprint density at radius 2 is 1.90 bits per heavy atom. The third-order valence-corrected chi connectivity index (χ3v) is 4.71. The highest BCUT2D eigenvalue weighted by atomic mass is 32.2. The van der Waals surface area contributed by atoms with E-state index in [1.165, 1.54) is 24.4 Å². The number of rotatable bonds is 2. The first kappa shape index (κ1) is 12.6. The molecule has 0 bridgehead atoms. The SMILES string of the molecule is Cc1cc(=O)n2[nH]cc(S(=O)(=O)c3ccccc3)c2n1. The number of benzene rings is 1.